The standard InChI is InChI=1S/C15H19N3O/c1-2-11(10-16)9-14(19)18-13-7-3-5-12-6-4-8-17-15(12)13/h3-8,11H,2,9-10,16H2,1H3,(H,18,19). The van der Waals surface area contributed by atoms with Crippen LogP contribution in [0.2, 0.25) is 0 Å². The van der Waals surface area contributed by atoms with Crippen LogP contribution in [0.4, 0.5) is 5.69 Å². The number of anilines is 1. The Balaban J connectivity index is 2.15. The molecule has 1 atom stereocenters. The first-order valence-electron chi connectivity index (χ1n) is 6.58. The Morgan fingerprint density at radius 3 is 2.89 bits per heavy atom. The van der Waals surface area contributed by atoms with Gasteiger partial charge in [0, 0.05) is 18.0 Å². The largest absolute Gasteiger partial charge is 0.330 e. The molecule has 0 fully saturated rings. The molecule has 4 nitrogen and oxygen atoms in total. The molecule has 1 aromatic carbocycles. The number of hydrogen-bond donors (Lipinski definition) is 2. The van der Waals surface area contributed by atoms with Crippen molar-refractivity contribution in [2.24, 2.45) is 11.7 Å². The molecule has 0 aliphatic rings. The second-order valence-corrected chi connectivity index (χ2v) is 4.64. The Hall–Kier alpha value is -1.94. The maximum atomic E-state index is 12.0. The van der Waals surface area contributed by atoms with Crippen LogP contribution in [0.25, 0.3) is 10.9 Å². The highest BCUT2D eigenvalue weighted by Gasteiger charge is 2.12. The van der Waals surface area contributed by atoms with Crippen molar-refractivity contribution < 1.29 is 4.79 Å². The zero-order valence-corrected chi connectivity index (χ0v) is 11.1. The van der Waals surface area contributed by atoms with Crippen molar-refractivity contribution in [1.29, 1.82) is 0 Å². The van der Waals surface area contributed by atoms with E-state index in [1.807, 2.05) is 37.3 Å². The number of rotatable bonds is 5. The van der Waals surface area contributed by atoms with Gasteiger partial charge in [0.2, 0.25) is 5.91 Å². The van der Waals surface area contributed by atoms with E-state index in [-0.39, 0.29) is 11.8 Å². The van der Waals surface area contributed by atoms with Crippen molar-refractivity contribution >= 4 is 22.5 Å². The molecule has 0 bridgehead atoms. The lowest BCUT2D eigenvalue weighted by atomic mass is 10.0. The third kappa shape index (κ3) is 3.29. The Morgan fingerprint density at radius 1 is 1.37 bits per heavy atom. The number of hydrogen-bond acceptors (Lipinski definition) is 3. The number of amides is 1. The molecule has 0 spiro atoms. The molecular weight excluding hydrogens is 238 g/mol. The van der Waals surface area contributed by atoms with Gasteiger partial charge in [-0.05, 0) is 24.6 Å². The van der Waals surface area contributed by atoms with Gasteiger partial charge >= 0.3 is 0 Å². The Bertz CT molecular complexity index is 559. The van der Waals surface area contributed by atoms with Gasteiger partial charge in [0.1, 0.15) is 0 Å². The molecule has 100 valence electrons. The smallest absolute Gasteiger partial charge is 0.224 e. The van der Waals surface area contributed by atoms with Crippen LogP contribution in [0.15, 0.2) is 36.5 Å². The molecular formula is C15H19N3O. The van der Waals surface area contributed by atoms with Gasteiger partial charge in [-0.3, -0.25) is 9.78 Å². The second-order valence-electron chi connectivity index (χ2n) is 4.64. The maximum Gasteiger partial charge on any atom is 0.224 e. The molecule has 3 N–H and O–H groups in total. The molecule has 1 aromatic heterocycles. The number of benzene rings is 1. The van der Waals surface area contributed by atoms with E-state index in [1.54, 1.807) is 6.20 Å². The van der Waals surface area contributed by atoms with Crippen LogP contribution in [0.1, 0.15) is 19.8 Å². The highest BCUT2D eigenvalue weighted by Crippen LogP contribution is 2.21. The van der Waals surface area contributed by atoms with Crippen molar-refractivity contribution in [1.82, 2.24) is 4.98 Å². The van der Waals surface area contributed by atoms with Crippen LogP contribution >= 0.6 is 0 Å². The first-order valence-corrected chi connectivity index (χ1v) is 6.58. The summed E-state index contributed by atoms with van der Waals surface area (Å²) in [6, 6.07) is 9.63. The lowest BCUT2D eigenvalue weighted by molar-refractivity contribution is -0.117. The fourth-order valence-corrected chi connectivity index (χ4v) is 2.06. The number of nitrogens with two attached hydrogens (primary N) is 1. The first kappa shape index (κ1) is 13.5. The molecule has 0 saturated heterocycles. The molecule has 2 rings (SSSR count). The molecule has 1 unspecified atom stereocenters. The van der Waals surface area contributed by atoms with Crippen LogP contribution in [0.5, 0.6) is 0 Å². The fourth-order valence-electron chi connectivity index (χ4n) is 2.06. The molecule has 0 saturated carbocycles. The summed E-state index contributed by atoms with van der Waals surface area (Å²) in [7, 11) is 0. The fraction of sp³-hybridized carbons (Fsp3) is 0.333. The Kier molecular flexibility index (Phi) is 4.47. The van der Waals surface area contributed by atoms with E-state index in [9.17, 15) is 4.79 Å². The number of nitrogens with zero attached hydrogens (tertiary/aromatic N) is 1. The third-order valence-electron chi connectivity index (χ3n) is 3.29. The van der Waals surface area contributed by atoms with Crippen molar-refractivity contribution in [3.8, 4) is 0 Å². The first-order chi connectivity index (χ1) is 9.24. The van der Waals surface area contributed by atoms with Crippen molar-refractivity contribution in [2.45, 2.75) is 19.8 Å². The summed E-state index contributed by atoms with van der Waals surface area (Å²) in [5.41, 5.74) is 7.20. The van der Waals surface area contributed by atoms with Gasteiger partial charge in [0.15, 0.2) is 0 Å². The average Bonchev–Trinajstić information content (AvgIpc) is 2.45. The maximum absolute atomic E-state index is 12.0. The van der Waals surface area contributed by atoms with Crippen LogP contribution in [-0.4, -0.2) is 17.4 Å². The Labute approximate surface area is 113 Å². The van der Waals surface area contributed by atoms with Crippen molar-refractivity contribution in [2.75, 3.05) is 11.9 Å². The zero-order valence-electron chi connectivity index (χ0n) is 11.1. The summed E-state index contributed by atoms with van der Waals surface area (Å²) >= 11 is 0. The summed E-state index contributed by atoms with van der Waals surface area (Å²) in [6.07, 6.45) is 3.10. The lowest BCUT2D eigenvalue weighted by Gasteiger charge is -2.12. The molecule has 0 aliphatic heterocycles. The predicted octanol–water partition coefficient (Wildman–Crippen LogP) is 2.55. The molecule has 19 heavy (non-hydrogen) atoms. The van der Waals surface area contributed by atoms with Crippen LogP contribution < -0.4 is 11.1 Å². The van der Waals surface area contributed by atoms with Crippen LogP contribution in [0, 0.1) is 5.92 Å². The number of para-hydroxylation sites is 1. The summed E-state index contributed by atoms with van der Waals surface area (Å²) in [6.45, 7) is 2.59. The van der Waals surface area contributed by atoms with E-state index in [4.69, 9.17) is 5.73 Å². The van der Waals surface area contributed by atoms with Gasteiger partial charge in [-0.2, -0.15) is 0 Å². The predicted molar refractivity (Wildman–Crippen MR) is 77.8 cm³/mol. The van der Waals surface area contributed by atoms with Gasteiger partial charge in [-0.25, -0.2) is 0 Å². The highest BCUT2D eigenvalue weighted by atomic mass is 16.1. The summed E-state index contributed by atoms with van der Waals surface area (Å²) in [4.78, 5) is 16.3. The summed E-state index contributed by atoms with van der Waals surface area (Å²) in [5.74, 6) is 0.235. The normalized spacial score (nSPS) is 12.3. The van der Waals surface area contributed by atoms with Gasteiger partial charge in [0.25, 0.3) is 0 Å². The van der Waals surface area contributed by atoms with Crippen LogP contribution in [-0.2, 0) is 4.79 Å². The highest BCUT2D eigenvalue weighted by molar-refractivity contribution is 6.00. The minimum Gasteiger partial charge on any atom is -0.330 e. The van der Waals surface area contributed by atoms with Crippen LogP contribution in [0.3, 0.4) is 0 Å². The van der Waals surface area contributed by atoms with Gasteiger partial charge in [-0.15, -0.1) is 0 Å². The van der Waals surface area contributed by atoms with E-state index in [2.05, 4.69) is 10.3 Å². The Morgan fingerprint density at radius 2 is 2.16 bits per heavy atom. The minimum atomic E-state index is -0.00421. The molecule has 0 aliphatic carbocycles. The van der Waals surface area contributed by atoms with Gasteiger partial charge in [-0.1, -0.05) is 31.5 Å². The van der Waals surface area contributed by atoms with E-state index in [0.29, 0.717) is 13.0 Å². The van der Waals surface area contributed by atoms with E-state index in [0.717, 1.165) is 23.0 Å². The third-order valence-corrected chi connectivity index (χ3v) is 3.29. The SMILES string of the molecule is CCC(CN)CC(=O)Nc1cccc2cccnc12. The van der Waals surface area contributed by atoms with Gasteiger partial charge < -0.3 is 11.1 Å². The quantitative estimate of drug-likeness (QED) is 0.865. The number of carbonyl (C=O) groups excluding carboxylic acids is 1. The topological polar surface area (TPSA) is 68.0 Å². The van der Waals surface area contributed by atoms with Crippen molar-refractivity contribution in [3.05, 3.63) is 36.5 Å². The number of fused-ring (bicyclic) bond motifs is 1. The molecule has 1 heterocycles. The number of pyridine rings is 1. The van der Waals surface area contributed by atoms with E-state index >= 15 is 0 Å². The number of carbonyl (C=O) groups is 1. The van der Waals surface area contributed by atoms with E-state index in [1.165, 1.54) is 0 Å². The van der Waals surface area contributed by atoms with Crippen molar-refractivity contribution in [3.63, 3.8) is 0 Å². The molecule has 2 aromatic rings. The lowest BCUT2D eigenvalue weighted by Crippen LogP contribution is -2.21. The second kappa shape index (κ2) is 6.29. The van der Waals surface area contributed by atoms with Gasteiger partial charge in [0.05, 0.1) is 11.2 Å². The summed E-state index contributed by atoms with van der Waals surface area (Å²) < 4.78 is 0. The van der Waals surface area contributed by atoms with E-state index < -0.39 is 0 Å². The zero-order chi connectivity index (χ0) is 13.7. The minimum absolute atomic E-state index is 0.00421. The molecule has 4 heteroatoms. The molecule has 0 radical (unpaired) electrons. The summed E-state index contributed by atoms with van der Waals surface area (Å²) in [5, 5.41) is 3.95. The number of nitrogens with one attached hydrogen (secondary N) is 1. The molecule has 1 amide bonds. The number of aromatic nitrogens is 1. The average molecular weight is 257 g/mol. The monoisotopic (exact) mass is 257 g/mol.